The summed E-state index contributed by atoms with van der Waals surface area (Å²) in [6, 6.07) is 15.1. The van der Waals surface area contributed by atoms with Crippen molar-refractivity contribution in [2.75, 3.05) is 5.32 Å². The molecule has 4 heteroatoms. The van der Waals surface area contributed by atoms with E-state index in [9.17, 15) is 4.79 Å². The smallest absolute Gasteiger partial charge is 0.256 e. The maximum absolute atomic E-state index is 12.3. The standard InChI is InChI=1S/C19H17N3O/c1-13-9-11-20-17(12-13)15-5-7-16(8-6-15)19(23)22-18-14(2)4-3-10-21-18/h3-12H,1-2H3,(H,21,22,23). The van der Waals surface area contributed by atoms with Crippen molar-refractivity contribution in [1.82, 2.24) is 9.97 Å². The molecule has 1 aromatic carbocycles. The Bertz CT molecular complexity index is 841. The molecule has 0 saturated carbocycles. The minimum Gasteiger partial charge on any atom is -0.306 e. The van der Waals surface area contributed by atoms with Crippen LogP contribution in [0.1, 0.15) is 21.5 Å². The first-order valence-corrected chi connectivity index (χ1v) is 7.39. The second kappa shape index (κ2) is 6.40. The number of carbonyl (C=O) groups excluding carboxylic acids is 1. The summed E-state index contributed by atoms with van der Waals surface area (Å²) in [7, 11) is 0. The number of aromatic nitrogens is 2. The quantitative estimate of drug-likeness (QED) is 0.795. The minimum atomic E-state index is -0.171. The van der Waals surface area contributed by atoms with Gasteiger partial charge in [-0.05, 0) is 55.3 Å². The van der Waals surface area contributed by atoms with Gasteiger partial charge in [0.15, 0.2) is 0 Å². The largest absolute Gasteiger partial charge is 0.306 e. The van der Waals surface area contributed by atoms with E-state index in [4.69, 9.17) is 0 Å². The molecule has 0 aliphatic carbocycles. The maximum atomic E-state index is 12.3. The highest BCUT2D eigenvalue weighted by atomic mass is 16.1. The lowest BCUT2D eigenvalue weighted by atomic mass is 10.1. The Kier molecular flexibility index (Phi) is 4.15. The lowest BCUT2D eigenvalue weighted by Crippen LogP contribution is -2.13. The van der Waals surface area contributed by atoms with E-state index in [1.807, 2.05) is 50.2 Å². The topological polar surface area (TPSA) is 54.9 Å². The highest BCUT2D eigenvalue weighted by molar-refractivity contribution is 6.04. The molecular weight excluding hydrogens is 286 g/mol. The van der Waals surface area contributed by atoms with Crippen molar-refractivity contribution < 1.29 is 4.79 Å². The number of rotatable bonds is 3. The van der Waals surface area contributed by atoms with E-state index in [0.29, 0.717) is 11.4 Å². The van der Waals surface area contributed by atoms with Crippen LogP contribution in [0, 0.1) is 13.8 Å². The van der Waals surface area contributed by atoms with Crippen LogP contribution in [0.3, 0.4) is 0 Å². The zero-order valence-corrected chi connectivity index (χ0v) is 13.1. The molecule has 114 valence electrons. The number of hydrogen-bond acceptors (Lipinski definition) is 3. The first kappa shape index (κ1) is 14.9. The Hall–Kier alpha value is -3.01. The third-order valence-corrected chi connectivity index (χ3v) is 3.60. The highest BCUT2D eigenvalue weighted by Gasteiger charge is 2.09. The van der Waals surface area contributed by atoms with Gasteiger partial charge < -0.3 is 5.32 Å². The van der Waals surface area contributed by atoms with Gasteiger partial charge in [0.1, 0.15) is 5.82 Å². The van der Waals surface area contributed by atoms with Crippen LogP contribution in [0.4, 0.5) is 5.82 Å². The van der Waals surface area contributed by atoms with Crippen LogP contribution >= 0.6 is 0 Å². The van der Waals surface area contributed by atoms with Gasteiger partial charge in [0.25, 0.3) is 5.91 Å². The Morgan fingerprint density at radius 3 is 2.43 bits per heavy atom. The summed E-state index contributed by atoms with van der Waals surface area (Å²) in [4.78, 5) is 20.8. The average Bonchev–Trinajstić information content (AvgIpc) is 2.57. The van der Waals surface area contributed by atoms with Gasteiger partial charge in [0.2, 0.25) is 0 Å². The number of carbonyl (C=O) groups is 1. The van der Waals surface area contributed by atoms with E-state index < -0.39 is 0 Å². The van der Waals surface area contributed by atoms with Crippen LogP contribution in [0.15, 0.2) is 60.9 Å². The molecule has 0 radical (unpaired) electrons. The SMILES string of the molecule is Cc1ccnc(-c2ccc(C(=O)Nc3ncccc3C)cc2)c1. The lowest BCUT2D eigenvalue weighted by Gasteiger charge is -2.08. The third kappa shape index (κ3) is 3.43. The number of benzene rings is 1. The molecule has 0 fully saturated rings. The predicted molar refractivity (Wildman–Crippen MR) is 91.3 cm³/mol. The molecule has 1 amide bonds. The molecule has 23 heavy (non-hydrogen) atoms. The van der Waals surface area contributed by atoms with Gasteiger partial charge >= 0.3 is 0 Å². The number of nitrogens with zero attached hydrogens (tertiary/aromatic N) is 2. The van der Waals surface area contributed by atoms with Crippen LogP contribution in [-0.2, 0) is 0 Å². The fraction of sp³-hybridized carbons (Fsp3) is 0.105. The highest BCUT2D eigenvalue weighted by Crippen LogP contribution is 2.19. The number of hydrogen-bond donors (Lipinski definition) is 1. The molecule has 3 rings (SSSR count). The molecular formula is C19H17N3O. The Labute approximate surface area is 135 Å². The van der Waals surface area contributed by atoms with Crippen LogP contribution in [0.5, 0.6) is 0 Å². The van der Waals surface area contributed by atoms with Crippen molar-refractivity contribution in [2.24, 2.45) is 0 Å². The molecule has 2 aromatic heterocycles. The van der Waals surface area contributed by atoms with Crippen molar-refractivity contribution in [1.29, 1.82) is 0 Å². The zero-order valence-electron chi connectivity index (χ0n) is 13.1. The van der Waals surface area contributed by atoms with Gasteiger partial charge in [-0.25, -0.2) is 4.98 Å². The predicted octanol–water partition coefficient (Wildman–Crippen LogP) is 4.01. The van der Waals surface area contributed by atoms with Gasteiger partial charge in [-0.2, -0.15) is 0 Å². The summed E-state index contributed by atoms with van der Waals surface area (Å²) in [6.07, 6.45) is 3.45. The molecule has 0 bridgehead atoms. The summed E-state index contributed by atoms with van der Waals surface area (Å²) in [5.41, 5.74) is 4.56. The Morgan fingerprint density at radius 1 is 0.957 bits per heavy atom. The molecule has 2 heterocycles. The van der Waals surface area contributed by atoms with Crippen molar-refractivity contribution in [3.8, 4) is 11.3 Å². The molecule has 0 unspecified atom stereocenters. The average molecular weight is 303 g/mol. The van der Waals surface area contributed by atoms with E-state index >= 15 is 0 Å². The molecule has 3 aromatic rings. The van der Waals surface area contributed by atoms with Crippen LogP contribution < -0.4 is 5.32 Å². The van der Waals surface area contributed by atoms with Gasteiger partial charge in [-0.3, -0.25) is 9.78 Å². The van der Waals surface area contributed by atoms with E-state index in [1.165, 1.54) is 0 Å². The molecule has 4 nitrogen and oxygen atoms in total. The van der Waals surface area contributed by atoms with Crippen molar-refractivity contribution in [3.63, 3.8) is 0 Å². The summed E-state index contributed by atoms with van der Waals surface area (Å²) >= 11 is 0. The first-order chi connectivity index (χ1) is 11.1. The number of pyridine rings is 2. The second-order valence-corrected chi connectivity index (χ2v) is 5.42. The Morgan fingerprint density at radius 2 is 1.74 bits per heavy atom. The van der Waals surface area contributed by atoms with Gasteiger partial charge in [0.05, 0.1) is 5.69 Å². The van der Waals surface area contributed by atoms with Crippen LogP contribution in [-0.4, -0.2) is 15.9 Å². The van der Waals surface area contributed by atoms with Gasteiger partial charge in [-0.1, -0.05) is 18.2 Å². The molecule has 0 atom stereocenters. The van der Waals surface area contributed by atoms with E-state index in [1.54, 1.807) is 24.5 Å². The summed E-state index contributed by atoms with van der Waals surface area (Å²) < 4.78 is 0. The van der Waals surface area contributed by atoms with E-state index in [0.717, 1.165) is 22.4 Å². The summed E-state index contributed by atoms with van der Waals surface area (Å²) in [5.74, 6) is 0.414. The normalized spacial score (nSPS) is 10.3. The van der Waals surface area contributed by atoms with Crippen molar-refractivity contribution in [3.05, 3.63) is 77.6 Å². The number of anilines is 1. The maximum Gasteiger partial charge on any atom is 0.256 e. The van der Waals surface area contributed by atoms with Crippen LogP contribution in [0.25, 0.3) is 11.3 Å². The third-order valence-electron chi connectivity index (χ3n) is 3.60. The second-order valence-electron chi connectivity index (χ2n) is 5.42. The lowest BCUT2D eigenvalue weighted by molar-refractivity contribution is 0.102. The molecule has 1 N–H and O–H groups in total. The Balaban J connectivity index is 1.79. The van der Waals surface area contributed by atoms with Gasteiger partial charge in [-0.15, -0.1) is 0 Å². The van der Waals surface area contributed by atoms with Gasteiger partial charge in [0, 0.05) is 23.5 Å². The molecule has 0 aliphatic heterocycles. The number of aryl methyl sites for hydroxylation is 2. The molecule has 0 spiro atoms. The molecule has 0 saturated heterocycles. The first-order valence-electron chi connectivity index (χ1n) is 7.39. The van der Waals surface area contributed by atoms with Crippen molar-refractivity contribution in [2.45, 2.75) is 13.8 Å². The summed E-state index contributed by atoms with van der Waals surface area (Å²) in [6.45, 7) is 3.94. The van der Waals surface area contributed by atoms with Crippen LogP contribution in [0.2, 0.25) is 0 Å². The van der Waals surface area contributed by atoms with Crippen molar-refractivity contribution >= 4 is 11.7 Å². The number of amides is 1. The minimum absolute atomic E-state index is 0.171. The zero-order chi connectivity index (χ0) is 16.2. The molecule has 0 aliphatic rings. The van der Waals surface area contributed by atoms with E-state index in [2.05, 4.69) is 15.3 Å². The number of nitrogens with one attached hydrogen (secondary N) is 1. The fourth-order valence-corrected chi connectivity index (χ4v) is 2.28. The fourth-order valence-electron chi connectivity index (χ4n) is 2.28. The van der Waals surface area contributed by atoms with E-state index in [-0.39, 0.29) is 5.91 Å². The monoisotopic (exact) mass is 303 g/mol. The summed E-state index contributed by atoms with van der Waals surface area (Å²) in [5, 5.41) is 2.83.